The molecule has 0 aromatic heterocycles. The number of rotatable bonds is 11. The number of anilines is 1. The number of likely N-dealkylation sites (tertiary alicyclic amines) is 1. The lowest BCUT2D eigenvalue weighted by atomic mass is 10.0. The Morgan fingerprint density at radius 2 is 1.58 bits per heavy atom. The first-order valence-corrected chi connectivity index (χ1v) is 13.4. The molecule has 1 aliphatic heterocycles. The van der Waals surface area contributed by atoms with Gasteiger partial charge in [0.25, 0.3) is 0 Å². The fourth-order valence-corrected chi connectivity index (χ4v) is 4.69. The van der Waals surface area contributed by atoms with Gasteiger partial charge in [-0.05, 0) is 67.6 Å². The van der Waals surface area contributed by atoms with Crippen LogP contribution in [0.25, 0.3) is 11.1 Å². The molecule has 3 aromatic rings. The molecule has 0 spiro atoms. The van der Waals surface area contributed by atoms with Crippen LogP contribution >= 0.6 is 0 Å². The molecular weight excluding hydrogens is 472 g/mol. The summed E-state index contributed by atoms with van der Waals surface area (Å²) < 4.78 is 0. The number of hydrogen-bond acceptors (Lipinski definition) is 4. The molecule has 1 atom stereocenters. The number of amides is 1. The van der Waals surface area contributed by atoms with Crippen molar-refractivity contribution in [1.82, 2.24) is 15.5 Å². The minimum atomic E-state index is -0.173. The van der Waals surface area contributed by atoms with Crippen molar-refractivity contribution in [2.75, 3.05) is 31.5 Å². The molecule has 0 radical (unpaired) electrons. The third-order valence-corrected chi connectivity index (χ3v) is 6.71. The van der Waals surface area contributed by atoms with Crippen molar-refractivity contribution in [3.05, 3.63) is 90.5 Å². The summed E-state index contributed by atoms with van der Waals surface area (Å²) in [6, 6.07) is 28.1. The maximum Gasteiger partial charge on any atom is 0.220 e. The lowest BCUT2D eigenvalue weighted by Gasteiger charge is -2.17. The van der Waals surface area contributed by atoms with E-state index in [1.165, 1.54) is 12.8 Å². The second-order valence-corrected chi connectivity index (χ2v) is 9.56. The first-order chi connectivity index (χ1) is 18.7. The van der Waals surface area contributed by atoms with Crippen LogP contribution in [-0.4, -0.2) is 49.0 Å². The zero-order chi connectivity index (χ0) is 26.4. The van der Waals surface area contributed by atoms with Crippen molar-refractivity contribution in [1.29, 1.82) is 5.26 Å². The quantitative estimate of drug-likeness (QED) is 0.150. The third-order valence-electron chi connectivity index (χ3n) is 6.71. The van der Waals surface area contributed by atoms with E-state index in [0.717, 1.165) is 42.0 Å². The highest BCUT2D eigenvalue weighted by atomic mass is 16.1. The van der Waals surface area contributed by atoms with Crippen LogP contribution in [0.4, 0.5) is 5.69 Å². The van der Waals surface area contributed by atoms with Gasteiger partial charge in [-0.15, -0.1) is 0 Å². The zero-order valence-electron chi connectivity index (χ0n) is 21.8. The van der Waals surface area contributed by atoms with Crippen LogP contribution in [0.1, 0.15) is 31.2 Å². The SMILES string of the molecule is N#CNC(=NC(CCC(=O)NCCN1CCCC1)Cc1ccccc1)Nc1ccc(-c2ccccc2)cc1. The van der Waals surface area contributed by atoms with E-state index in [9.17, 15) is 10.1 Å². The van der Waals surface area contributed by atoms with Crippen LogP contribution in [-0.2, 0) is 11.2 Å². The summed E-state index contributed by atoms with van der Waals surface area (Å²) >= 11 is 0. The van der Waals surface area contributed by atoms with Crippen LogP contribution < -0.4 is 16.0 Å². The number of benzene rings is 3. The molecule has 0 saturated carbocycles. The van der Waals surface area contributed by atoms with E-state index in [-0.39, 0.29) is 11.9 Å². The molecule has 3 N–H and O–H groups in total. The van der Waals surface area contributed by atoms with E-state index in [4.69, 9.17) is 4.99 Å². The summed E-state index contributed by atoms with van der Waals surface area (Å²) in [4.78, 5) is 19.8. The van der Waals surface area contributed by atoms with Crippen molar-refractivity contribution in [2.24, 2.45) is 4.99 Å². The van der Waals surface area contributed by atoms with Crippen LogP contribution in [0.5, 0.6) is 0 Å². The predicted octanol–water partition coefficient (Wildman–Crippen LogP) is 4.80. The summed E-state index contributed by atoms with van der Waals surface area (Å²) in [7, 11) is 0. The average molecular weight is 509 g/mol. The summed E-state index contributed by atoms with van der Waals surface area (Å²) in [5.41, 5.74) is 4.22. The molecule has 0 bridgehead atoms. The van der Waals surface area contributed by atoms with Crippen LogP contribution in [0.3, 0.4) is 0 Å². The molecule has 1 heterocycles. The van der Waals surface area contributed by atoms with Gasteiger partial charge in [0.15, 0.2) is 6.19 Å². The van der Waals surface area contributed by atoms with Gasteiger partial charge >= 0.3 is 0 Å². The molecule has 196 valence electrons. The van der Waals surface area contributed by atoms with E-state index >= 15 is 0 Å². The first kappa shape index (κ1) is 26.9. The molecule has 1 aliphatic rings. The minimum absolute atomic E-state index is 0.0386. The van der Waals surface area contributed by atoms with E-state index in [1.807, 2.05) is 66.9 Å². The molecule has 1 saturated heterocycles. The number of nitriles is 1. The van der Waals surface area contributed by atoms with E-state index < -0.39 is 0 Å². The molecule has 7 heteroatoms. The van der Waals surface area contributed by atoms with Gasteiger partial charge in [-0.2, -0.15) is 5.26 Å². The van der Waals surface area contributed by atoms with Gasteiger partial charge < -0.3 is 15.5 Å². The highest BCUT2D eigenvalue weighted by molar-refractivity contribution is 5.95. The summed E-state index contributed by atoms with van der Waals surface area (Å²) in [6.07, 6.45) is 6.12. The second-order valence-electron chi connectivity index (χ2n) is 9.56. The number of nitrogens with zero attached hydrogens (tertiary/aromatic N) is 3. The summed E-state index contributed by atoms with van der Waals surface area (Å²) in [6.45, 7) is 3.83. The van der Waals surface area contributed by atoms with Crippen molar-refractivity contribution in [3.63, 3.8) is 0 Å². The van der Waals surface area contributed by atoms with E-state index in [2.05, 4.69) is 45.1 Å². The average Bonchev–Trinajstić information content (AvgIpc) is 3.47. The number of hydrogen-bond donors (Lipinski definition) is 3. The Labute approximate surface area is 225 Å². The first-order valence-electron chi connectivity index (χ1n) is 13.4. The largest absolute Gasteiger partial charge is 0.355 e. The van der Waals surface area contributed by atoms with Crippen molar-refractivity contribution in [3.8, 4) is 17.3 Å². The molecule has 0 aliphatic carbocycles. The number of aliphatic imine (C=N–C) groups is 1. The van der Waals surface area contributed by atoms with Crippen molar-refractivity contribution < 1.29 is 4.79 Å². The Morgan fingerprint density at radius 3 is 2.26 bits per heavy atom. The number of carbonyl (C=O) groups is 1. The monoisotopic (exact) mass is 508 g/mol. The lowest BCUT2D eigenvalue weighted by molar-refractivity contribution is -0.121. The number of nitrogens with one attached hydrogen (secondary N) is 3. The molecule has 1 amide bonds. The maximum absolute atomic E-state index is 12.6. The van der Waals surface area contributed by atoms with Crippen molar-refractivity contribution in [2.45, 2.75) is 38.1 Å². The smallest absolute Gasteiger partial charge is 0.220 e. The highest BCUT2D eigenvalue weighted by Crippen LogP contribution is 2.21. The van der Waals surface area contributed by atoms with Crippen molar-refractivity contribution >= 4 is 17.6 Å². The van der Waals surface area contributed by atoms with Gasteiger partial charge in [0, 0.05) is 25.2 Å². The molecular formula is C31H36N6O. The summed E-state index contributed by atoms with van der Waals surface area (Å²) in [5.74, 6) is 0.409. The normalized spacial score (nSPS) is 14.4. The lowest BCUT2D eigenvalue weighted by Crippen LogP contribution is -2.34. The Bertz CT molecular complexity index is 1200. The van der Waals surface area contributed by atoms with Crippen LogP contribution in [0.15, 0.2) is 89.9 Å². The maximum atomic E-state index is 12.6. The van der Waals surface area contributed by atoms with Gasteiger partial charge in [0.2, 0.25) is 11.9 Å². The fraction of sp³-hybridized carbons (Fsp3) is 0.323. The van der Waals surface area contributed by atoms with Crippen LogP contribution in [0, 0.1) is 11.5 Å². The molecule has 7 nitrogen and oxygen atoms in total. The molecule has 38 heavy (non-hydrogen) atoms. The fourth-order valence-electron chi connectivity index (χ4n) is 4.69. The highest BCUT2D eigenvalue weighted by Gasteiger charge is 2.15. The Balaban J connectivity index is 1.40. The van der Waals surface area contributed by atoms with Gasteiger partial charge in [0.1, 0.15) is 0 Å². The minimum Gasteiger partial charge on any atom is -0.355 e. The van der Waals surface area contributed by atoms with Gasteiger partial charge in [-0.1, -0.05) is 72.8 Å². The zero-order valence-corrected chi connectivity index (χ0v) is 21.8. The third kappa shape index (κ3) is 8.75. The Kier molecular flexibility index (Phi) is 10.3. The second kappa shape index (κ2) is 14.6. The molecule has 3 aromatic carbocycles. The standard InChI is InChI=1S/C31H36N6O/c32-24-34-31(35-28-15-13-27(14-16-28)26-11-5-2-6-12-26)36-29(23-25-9-3-1-4-10-25)17-18-30(38)33-19-22-37-20-7-8-21-37/h1-6,9-16,29H,7-8,17-23H2,(H,33,38)(H2,34,35,36). The molecule has 1 unspecified atom stereocenters. The van der Waals surface area contributed by atoms with Gasteiger partial charge in [-0.3, -0.25) is 10.1 Å². The topological polar surface area (TPSA) is 92.5 Å². The summed E-state index contributed by atoms with van der Waals surface area (Å²) in [5, 5.41) is 18.3. The Hall–Kier alpha value is -4.15. The van der Waals surface area contributed by atoms with Gasteiger partial charge in [0.05, 0.1) is 6.04 Å². The van der Waals surface area contributed by atoms with E-state index in [1.54, 1.807) is 0 Å². The van der Waals surface area contributed by atoms with E-state index in [0.29, 0.717) is 31.8 Å². The molecule has 4 rings (SSSR count). The molecule has 1 fully saturated rings. The Morgan fingerprint density at radius 1 is 0.921 bits per heavy atom. The van der Waals surface area contributed by atoms with Crippen LogP contribution in [0.2, 0.25) is 0 Å². The number of carbonyl (C=O) groups excluding carboxylic acids is 1. The van der Waals surface area contributed by atoms with Gasteiger partial charge in [-0.25, -0.2) is 4.99 Å². The number of guanidine groups is 1. The predicted molar refractivity (Wildman–Crippen MR) is 154 cm³/mol.